The Kier molecular flexibility index (Phi) is 5.64. The van der Waals surface area contributed by atoms with Gasteiger partial charge >= 0.3 is 5.69 Å². The van der Waals surface area contributed by atoms with E-state index in [-0.39, 0.29) is 22.9 Å². The molecule has 8 nitrogen and oxygen atoms in total. The number of amides is 1. The SMILES string of the molecule is Cc1ccc(OCC(=O)N(c2ccccc2)[C@H]2CCS(=O)(=O)C2)c([N+](=O)[O-])c1. The lowest BCUT2D eigenvalue weighted by atomic mass is 10.2. The van der Waals surface area contributed by atoms with Crippen LogP contribution >= 0.6 is 0 Å². The summed E-state index contributed by atoms with van der Waals surface area (Å²) in [7, 11) is -3.20. The maximum atomic E-state index is 12.9. The Morgan fingerprint density at radius 2 is 1.96 bits per heavy atom. The number of carbonyl (C=O) groups is 1. The second kappa shape index (κ2) is 7.97. The molecule has 0 bridgehead atoms. The van der Waals surface area contributed by atoms with Crippen molar-refractivity contribution in [1.82, 2.24) is 0 Å². The Hall–Kier alpha value is -2.94. The Labute approximate surface area is 162 Å². The Morgan fingerprint density at radius 3 is 2.57 bits per heavy atom. The van der Waals surface area contributed by atoms with Gasteiger partial charge < -0.3 is 9.64 Å². The van der Waals surface area contributed by atoms with Gasteiger partial charge in [-0.25, -0.2) is 8.42 Å². The molecule has 1 saturated heterocycles. The molecule has 148 valence electrons. The molecular formula is C19H20N2O6S. The third-order valence-electron chi connectivity index (χ3n) is 4.54. The second-order valence-electron chi connectivity index (χ2n) is 6.67. The molecule has 2 aromatic carbocycles. The van der Waals surface area contributed by atoms with Gasteiger partial charge in [-0.3, -0.25) is 14.9 Å². The first-order chi connectivity index (χ1) is 13.3. The number of para-hydroxylation sites is 1. The highest BCUT2D eigenvalue weighted by molar-refractivity contribution is 7.91. The molecule has 0 radical (unpaired) electrons. The molecule has 3 rings (SSSR count). The van der Waals surface area contributed by atoms with E-state index < -0.39 is 33.3 Å². The normalized spacial score (nSPS) is 17.8. The van der Waals surface area contributed by atoms with E-state index in [0.29, 0.717) is 17.7 Å². The van der Waals surface area contributed by atoms with Crippen LogP contribution in [0.3, 0.4) is 0 Å². The summed E-state index contributed by atoms with van der Waals surface area (Å²) in [5.41, 5.74) is 1.05. The number of nitrogens with zero attached hydrogens (tertiary/aromatic N) is 2. The second-order valence-corrected chi connectivity index (χ2v) is 8.90. The first-order valence-electron chi connectivity index (χ1n) is 8.72. The van der Waals surface area contributed by atoms with Crippen molar-refractivity contribution in [2.45, 2.75) is 19.4 Å². The average molecular weight is 404 g/mol. The van der Waals surface area contributed by atoms with E-state index in [1.54, 1.807) is 43.3 Å². The minimum atomic E-state index is -3.20. The minimum Gasteiger partial charge on any atom is -0.477 e. The molecule has 0 spiro atoms. The van der Waals surface area contributed by atoms with Crippen LogP contribution in [0.2, 0.25) is 0 Å². The Bertz CT molecular complexity index is 991. The molecule has 1 atom stereocenters. The number of rotatable bonds is 6. The molecular weight excluding hydrogens is 384 g/mol. The number of nitro benzene ring substituents is 1. The van der Waals surface area contributed by atoms with Crippen LogP contribution in [-0.4, -0.2) is 43.4 Å². The molecule has 1 aliphatic heterocycles. The summed E-state index contributed by atoms with van der Waals surface area (Å²) >= 11 is 0. The molecule has 0 aliphatic carbocycles. The molecule has 0 aromatic heterocycles. The number of hydrogen-bond donors (Lipinski definition) is 0. The predicted octanol–water partition coefficient (Wildman–Crippen LogP) is 2.50. The van der Waals surface area contributed by atoms with Crippen LogP contribution in [0.5, 0.6) is 5.75 Å². The van der Waals surface area contributed by atoms with E-state index in [9.17, 15) is 23.3 Å². The van der Waals surface area contributed by atoms with Crippen LogP contribution in [0.1, 0.15) is 12.0 Å². The fourth-order valence-electron chi connectivity index (χ4n) is 3.23. The summed E-state index contributed by atoms with van der Waals surface area (Å²) in [6.07, 6.45) is 0.341. The van der Waals surface area contributed by atoms with E-state index in [1.165, 1.54) is 17.0 Å². The number of aryl methyl sites for hydroxylation is 1. The van der Waals surface area contributed by atoms with Gasteiger partial charge in [0.15, 0.2) is 22.2 Å². The molecule has 1 fully saturated rings. The fourth-order valence-corrected chi connectivity index (χ4v) is 4.93. The summed E-state index contributed by atoms with van der Waals surface area (Å²) in [6, 6.07) is 12.7. The smallest absolute Gasteiger partial charge is 0.311 e. The third kappa shape index (κ3) is 4.48. The van der Waals surface area contributed by atoms with Gasteiger partial charge in [0.2, 0.25) is 0 Å². The number of ether oxygens (including phenoxy) is 1. The van der Waals surface area contributed by atoms with Crippen molar-refractivity contribution in [3.05, 3.63) is 64.2 Å². The zero-order valence-corrected chi connectivity index (χ0v) is 16.1. The van der Waals surface area contributed by atoms with Crippen LogP contribution in [0.25, 0.3) is 0 Å². The lowest BCUT2D eigenvalue weighted by Crippen LogP contribution is -2.43. The molecule has 0 saturated carbocycles. The molecule has 28 heavy (non-hydrogen) atoms. The number of carbonyl (C=O) groups excluding carboxylic acids is 1. The highest BCUT2D eigenvalue weighted by atomic mass is 32.2. The van der Waals surface area contributed by atoms with E-state index in [4.69, 9.17) is 4.74 Å². The highest BCUT2D eigenvalue weighted by Gasteiger charge is 2.35. The molecule has 0 N–H and O–H groups in total. The van der Waals surface area contributed by atoms with Crippen molar-refractivity contribution in [3.63, 3.8) is 0 Å². The average Bonchev–Trinajstić information content (AvgIpc) is 3.01. The summed E-state index contributed by atoms with van der Waals surface area (Å²) in [6.45, 7) is 1.29. The first-order valence-corrected chi connectivity index (χ1v) is 10.5. The molecule has 2 aromatic rings. The van der Waals surface area contributed by atoms with Gasteiger partial charge in [0, 0.05) is 11.8 Å². The maximum Gasteiger partial charge on any atom is 0.311 e. The minimum absolute atomic E-state index is 0.00370. The lowest BCUT2D eigenvalue weighted by Gasteiger charge is -2.28. The van der Waals surface area contributed by atoms with Crippen molar-refractivity contribution >= 4 is 27.1 Å². The Balaban J connectivity index is 1.82. The van der Waals surface area contributed by atoms with E-state index in [1.807, 2.05) is 0 Å². The van der Waals surface area contributed by atoms with Gasteiger partial charge in [0.1, 0.15) is 0 Å². The maximum absolute atomic E-state index is 12.9. The molecule has 1 amide bonds. The predicted molar refractivity (Wildman–Crippen MR) is 104 cm³/mol. The quantitative estimate of drug-likeness (QED) is 0.541. The molecule has 1 heterocycles. The molecule has 1 aliphatic rings. The van der Waals surface area contributed by atoms with Gasteiger partial charge in [-0.2, -0.15) is 0 Å². The molecule has 9 heteroatoms. The van der Waals surface area contributed by atoms with Crippen LogP contribution < -0.4 is 9.64 Å². The van der Waals surface area contributed by atoms with Crippen molar-refractivity contribution < 1.29 is 22.9 Å². The van der Waals surface area contributed by atoms with Crippen LogP contribution in [0.15, 0.2) is 48.5 Å². The van der Waals surface area contributed by atoms with Gasteiger partial charge in [-0.1, -0.05) is 24.3 Å². The van der Waals surface area contributed by atoms with Crippen molar-refractivity contribution in [1.29, 1.82) is 0 Å². The van der Waals surface area contributed by atoms with E-state index in [0.717, 1.165) is 0 Å². The fraction of sp³-hybridized carbons (Fsp3) is 0.316. The lowest BCUT2D eigenvalue weighted by molar-refractivity contribution is -0.385. The number of anilines is 1. The van der Waals surface area contributed by atoms with Crippen LogP contribution in [-0.2, 0) is 14.6 Å². The number of nitro groups is 1. The zero-order chi connectivity index (χ0) is 20.3. The topological polar surface area (TPSA) is 107 Å². The Morgan fingerprint density at radius 1 is 1.25 bits per heavy atom. The van der Waals surface area contributed by atoms with Crippen LogP contribution in [0, 0.1) is 17.0 Å². The zero-order valence-electron chi connectivity index (χ0n) is 15.3. The summed E-state index contributed by atoms with van der Waals surface area (Å²) in [4.78, 5) is 25.0. The number of hydrogen-bond acceptors (Lipinski definition) is 6. The third-order valence-corrected chi connectivity index (χ3v) is 6.29. The van der Waals surface area contributed by atoms with Crippen molar-refractivity contribution in [3.8, 4) is 5.75 Å². The van der Waals surface area contributed by atoms with E-state index in [2.05, 4.69) is 0 Å². The highest BCUT2D eigenvalue weighted by Crippen LogP contribution is 2.29. The standard InChI is InChI=1S/C19H20N2O6S/c1-14-7-8-18(17(11-14)21(23)24)27-12-19(22)20(15-5-3-2-4-6-15)16-9-10-28(25,26)13-16/h2-8,11,16H,9-10,12-13H2,1H3/t16-/m0/s1. The summed E-state index contributed by atoms with van der Waals surface area (Å²) in [5.74, 6) is -0.546. The van der Waals surface area contributed by atoms with Gasteiger partial charge in [-0.05, 0) is 37.1 Å². The van der Waals surface area contributed by atoms with Gasteiger partial charge in [0.25, 0.3) is 5.91 Å². The number of benzene rings is 2. The van der Waals surface area contributed by atoms with E-state index >= 15 is 0 Å². The van der Waals surface area contributed by atoms with Crippen molar-refractivity contribution in [2.75, 3.05) is 23.0 Å². The number of sulfone groups is 1. The first kappa shape index (κ1) is 19.8. The summed E-state index contributed by atoms with van der Waals surface area (Å²) < 4.78 is 29.2. The van der Waals surface area contributed by atoms with Gasteiger partial charge in [-0.15, -0.1) is 0 Å². The monoisotopic (exact) mass is 404 g/mol. The van der Waals surface area contributed by atoms with Gasteiger partial charge in [0.05, 0.1) is 22.5 Å². The largest absolute Gasteiger partial charge is 0.477 e. The van der Waals surface area contributed by atoms with Crippen LogP contribution in [0.4, 0.5) is 11.4 Å². The molecule has 0 unspecified atom stereocenters. The summed E-state index contributed by atoms with van der Waals surface area (Å²) in [5, 5.41) is 11.2. The van der Waals surface area contributed by atoms with Crippen molar-refractivity contribution in [2.24, 2.45) is 0 Å².